The predicted molar refractivity (Wildman–Crippen MR) is 85.8 cm³/mol. The maximum absolute atomic E-state index is 12.0. The van der Waals surface area contributed by atoms with Gasteiger partial charge in [-0.2, -0.15) is 0 Å². The van der Waals surface area contributed by atoms with Gasteiger partial charge in [0.25, 0.3) is 0 Å². The zero-order valence-corrected chi connectivity index (χ0v) is 13.1. The van der Waals surface area contributed by atoms with Crippen LogP contribution in [-0.2, 0) is 11.2 Å². The zero-order chi connectivity index (χ0) is 15.5. The SMILES string of the molecule is CC(C)n1cnc(NC(=O)Cc2ccc(C3CCC3)cc2)n1. The first-order chi connectivity index (χ1) is 10.6. The second-order valence-electron chi connectivity index (χ2n) is 6.24. The van der Waals surface area contributed by atoms with Gasteiger partial charge in [-0.3, -0.25) is 10.1 Å². The first kappa shape index (κ1) is 14.8. The summed E-state index contributed by atoms with van der Waals surface area (Å²) in [6, 6.07) is 8.63. The lowest BCUT2D eigenvalue weighted by Gasteiger charge is -2.25. The lowest BCUT2D eigenvalue weighted by molar-refractivity contribution is -0.115. The minimum absolute atomic E-state index is 0.0853. The van der Waals surface area contributed by atoms with Crippen molar-refractivity contribution < 1.29 is 4.79 Å². The summed E-state index contributed by atoms with van der Waals surface area (Å²) < 4.78 is 1.73. The number of hydrogen-bond donors (Lipinski definition) is 1. The molecular formula is C17H22N4O. The first-order valence-corrected chi connectivity index (χ1v) is 7.91. The van der Waals surface area contributed by atoms with Crippen molar-refractivity contribution in [3.8, 4) is 0 Å². The van der Waals surface area contributed by atoms with Gasteiger partial charge >= 0.3 is 0 Å². The molecule has 2 aromatic rings. The number of carbonyl (C=O) groups is 1. The maximum Gasteiger partial charge on any atom is 0.248 e. The molecule has 0 saturated heterocycles. The van der Waals surface area contributed by atoms with Crippen molar-refractivity contribution >= 4 is 11.9 Å². The summed E-state index contributed by atoms with van der Waals surface area (Å²) in [5.41, 5.74) is 2.41. The summed E-state index contributed by atoms with van der Waals surface area (Å²) in [4.78, 5) is 16.1. The molecule has 1 amide bonds. The molecule has 0 aliphatic heterocycles. The average molecular weight is 298 g/mol. The van der Waals surface area contributed by atoms with E-state index in [1.807, 2.05) is 26.0 Å². The molecule has 1 saturated carbocycles. The van der Waals surface area contributed by atoms with Crippen molar-refractivity contribution in [2.45, 2.75) is 51.5 Å². The van der Waals surface area contributed by atoms with Crippen LogP contribution in [0.5, 0.6) is 0 Å². The van der Waals surface area contributed by atoms with E-state index in [1.165, 1.54) is 24.8 Å². The maximum atomic E-state index is 12.0. The Balaban J connectivity index is 1.56. The van der Waals surface area contributed by atoms with Gasteiger partial charge in [0.05, 0.1) is 6.42 Å². The van der Waals surface area contributed by atoms with Gasteiger partial charge in [-0.15, -0.1) is 5.10 Å². The van der Waals surface area contributed by atoms with Crippen LogP contribution in [-0.4, -0.2) is 20.7 Å². The van der Waals surface area contributed by atoms with E-state index in [1.54, 1.807) is 11.0 Å². The highest BCUT2D eigenvalue weighted by Crippen LogP contribution is 2.36. The molecule has 22 heavy (non-hydrogen) atoms. The summed E-state index contributed by atoms with van der Waals surface area (Å²) in [5, 5.41) is 6.96. The Hall–Kier alpha value is -2.17. The third kappa shape index (κ3) is 3.35. The van der Waals surface area contributed by atoms with Gasteiger partial charge in [-0.1, -0.05) is 30.7 Å². The minimum Gasteiger partial charge on any atom is -0.293 e. The van der Waals surface area contributed by atoms with Gasteiger partial charge in [0.2, 0.25) is 11.9 Å². The highest BCUT2D eigenvalue weighted by Gasteiger charge is 2.19. The summed E-state index contributed by atoms with van der Waals surface area (Å²) in [6.07, 6.45) is 5.91. The zero-order valence-electron chi connectivity index (χ0n) is 13.1. The number of benzene rings is 1. The number of aromatic nitrogens is 3. The Morgan fingerprint density at radius 1 is 1.32 bits per heavy atom. The van der Waals surface area contributed by atoms with E-state index in [4.69, 9.17) is 0 Å². The van der Waals surface area contributed by atoms with Crippen LogP contribution in [0.15, 0.2) is 30.6 Å². The molecular weight excluding hydrogens is 276 g/mol. The van der Waals surface area contributed by atoms with Gasteiger partial charge in [0.15, 0.2) is 0 Å². The molecule has 5 heteroatoms. The molecule has 1 aliphatic carbocycles. The van der Waals surface area contributed by atoms with Crippen molar-refractivity contribution in [2.75, 3.05) is 5.32 Å². The monoisotopic (exact) mass is 298 g/mol. The van der Waals surface area contributed by atoms with Crippen LogP contribution in [0.1, 0.15) is 56.2 Å². The third-order valence-corrected chi connectivity index (χ3v) is 4.21. The van der Waals surface area contributed by atoms with Crippen LogP contribution in [0.3, 0.4) is 0 Å². The van der Waals surface area contributed by atoms with Crippen LogP contribution in [0, 0.1) is 0 Å². The van der Waals surface area contributed by atoms with Gasteiger partial charge in [0.1, 0.15) is 6.33 Å². The number of rotatable bonds is 5. The Kier molecular flexibility index (Phi) is 4.22. The Bertz CT molecular complexity index is 641. The lowest BCUT2D eigenvalue weighted by atomic mass is 9.80. The molecule has 0 atom stereocenters. The van der Waals surface area contributed by atoms with Crippen LogP contribution < -0.4 is 5.32 Å². The molecule has 5 nitrogen and oxygen atoms in total. The second-order valence-corrected chi connectivity index (χ2v) is 6.24. The smallest absolute Gasteiger partial charge is 0.248 e. The second kappa shape index (κ2) is 6.30. The summed E-state index contributed by atoms with van der Waals surface area (Å²) in [6.45, 7) is 4.04. The Morgan fingerprint density at radius 2 is 2.05 bits per heavy atom. The summed E-state index contributed by atoms with van der Waals surface area (Å²) >= 11 is 0. The van der Waals surface area contributed by atoms with E-state index < -0.39 is 0 Å². The quantitative estimate of drug-likeness (QED) is 0.921. The fourth-order valence-electron chi connectivity index (χ4n) is 2.58. The molecule has 116 valence electrons. The van der Waals surface area contributed by atoms with E-state index in [0.717, 1.165) is 11.5 Å². The largest absolute Gasteiger partial charge is 0.293 e. The molecule has 0 radical (unpaired) electrons. The lowest BCUT2D eigenvalue weighted by Crippen LogP contribution is -2.16. The fraction of sp³-hybridized carbons (Fsp3) is 0.471. The highest BCUT2D eigenvalue weighted by molar-refractivity contribution is 5.90. The molecule has 1 aliphatic rings. The summed E-state index contributed by atoms with van der Waals surface area (Å²) in [5.74, 6) is 1.01. The molecule has 1 fully saturated rings. The number of hydrogen-bond acceptors (Lipinski definition) is 3. The standard InChI is InChI=1S/C17H22N4O/c1-12(2)21-11-18-17(20-21)19-16(22)10-13-6-8-15(9-7-13)14-4-3-5-14/h6-9,11-12,14H,3-5,10H2,1-2H3,(H,19,20,22). The fourth-order valence-corrected chi connectivity index (χ4v) is 2.58. The molecule has 0 unspecified atom stereocenters. The average Bonchev–Trinajstić information content (AvgIpc) is 2.87. The van der Waals surface area contributed by atoms with Crippen LogP contribution in [0.4, 0.5) is 5.95 Å². The van der Waals surface area contributed by atoms with E-state index in [-0.39, 0.29) is 11.9 Å². The van der Waals surface area contributed by atoms with Gasteiger partial charge in [-0.25, -0.2) is 9.67 Å². The Morgan fingerprint density at radius 3 is 2.59 bits per heavy atom. The summed E-state index contributed by atoms with van der Waals surface area (Å²) in [7, 11) is 0. The normalized spacial score (nSPS) is 14.9. The van der Waals surface area contributed by atoms with E-state index in [0.29, 0.717) is 12.4 Å². The molecule has 1 aromatic carbocycles. The van der Waals surface area contributed by atoms with Gasteiger partial charge in [-0.05, 0) is 43.7 Å². The van der Waals surface area contributed by atoms with Crippen LogP contribution >= 0.6 is 0 Å². The molecule has 3 rings (SSSR count). The molecule has 1 heterocycles. The molecule has 1 aromatic heterocycles. The van der Waals surface area contributed by atoms with Crippen molar-refractivity contribution in [1.82, 2.24) is 14.8 Å². The number of anilines is 1. The van der Waals surface area contributed by atoms with E-state index >= 15 is 0 Å². The van der Waals surface area contributed by atoms with E-state index in [9.17, 15) is 4.79 Å². The topological polar surface area (TPSA) is 59.8 Å². The van der Waals surface area contributed by atoms with Crippen molar-refractivity contribution in [3.63, 3.8) is 0 Å². The molecule has 0 bridgehead atoms. The minimum atomic E-state index is -0.0853. The number of nitrogens with one attached hydrogen (secondary N) is 1. The number of amides is 1. The predicted octanol–water partition coefficient (Wildman–Crippen LogP) is 3.31. The Labute approximate surface area is 130 Å². The van der Waals surface area contributed by atoms with Crippen molar-refractivity contribution in [2.24, 2.45) is 0 Å². The number of carbonyl (C=O) groups excluding carboxylic acids is 1. The first-order valence-electron chi connectivity index (χ1n) is 7.91. The number of nitrogens with zero attached hydrogens (tertiary/aromatic N) is 3. The van der Waals surface area contributed by atoms with Crippen molar-refractivity contribution in [1.29, 1.82) is 0 Å². The van der Waals surface area contributed by atoms with Crippen molar-refractivity contribution in [3.05, 3.63) is 41.7 Å². The van der Waals surface area contributed by atoms with Crippen LogP contribution in [0.25, 0.3) is 0 Å². The van der Waals surface area contributed by atoms with Gasteiger partial charge in [0, 0.05) is 6.04 Å². The highest BCUT2D eigenvalue weighted by atomic mass is 16.1. The molecule has 0 spiro atoms. The van der Waals surface area contributed by atoms with Crippen LogP contribution in [0.2, 0.25) is 0 Å². The van der Waals surface area contributed by atoms with E-state index in [2.05, 4.69) is 27.5 Å². The van der Waals surface area contributed by atoms with Gasteiger partial charge < -0.3 is 0 Å². The third-order valence-electron chi connectivity index (χ3n) is 4.21. The molecule has 1 N–H and O–H groups in total.